The molecule has 0 N–H and O–H groups in total. The molecule has 0 unspecified atom stereocenters. The van der Waals surface area contributed by atoms with Gasteiger partial charge in [-0.1, -0.05) is 34.8 Å². The monoisotopic (exact) mass is 353 g/mol. The normalized spacial score (nSPS) is 11.5. The number of pyridine rings is 1. The topological polar surface area (TPSA) is 30.0 Å². The van der Waals surface area contributed by atoms with Gasteiger partial charge in [-0.2, -0.15) is 13.2 Å². The lowest BCUT2D eigenvalue weighted by atomic mass is 9.98. The first-order valence-electron chi connectivity index (χ1n) is 5.42. The highest BCUT2D eigenvalue weighted by molar-refractivity contribution is 6.48. The number of halogens is 6. The van der Waals surface area contributed by atoms with Crippen LogP contribution in [0.25, 0.3) is 11.1 Å². The lowest BCUT2D eigenvalue weighted by molar-refractivity contribution is -0.140. The van der Waals surface area contributed by atoms with Crippen molar-refractivity contribution in [3.63, 3.8) is 0 Å². The number of nitrogens with zero attached hydrogens (tertiary/aromatic N) is 1. The van der Waals surface area contributed by atoms with E-state index in [0.29, 0.717) is 6.29 Å². The minimum absolute atomic E-state index is 0.0110. The minimum atomic E-state index is -4.73. The van der Waals surface area contributed by atoms with Gasteiger partial charge in [0.25, 0.3) is 0 Å². The molecule has 0 amide bonds. The van der Waals surface area contributed by atoms with Crippen molar-refractivity contribution < 1.29 is 18.0 Å². The Labute approximate surface area is 132 Å². The molecule has 0 radical (unpaired) electrons. The molecule has 0 aliphatic heterocycles. The van der Waals surface area contributed by atoms with Crippen LogP contribution in [0.2, 0.25) is 15.1 Å². The van der Waals surface area contributed by atoms with Gasteiger partial charge in [0.15, 0.2) is 12.0 Å². The van der Waals surface area contributed by atoms with Gasteiger partial charge < -0.3 is 0 Å². The second kappa shape index (κ2) is 5.83. The maximum Gasteiger partial charge on any atom is 0.433 e. The number of aldehydes is 1. The van der Waals surface area contributed by atoms with E-state index in [2.05, 4.69) is 4.98 Å². The van der Waals surface area contributed by atoms with Gasteiger partial charge in [0, 0.05) is 17.3 Å². The summed E-state index contributed by atoms with van der Waals surface area (Å²) in [5.74, 6) is 0. The average molecular weight is 355 g/mol. The first kappa shape index (κ1) is 16.1. The molecule has 0 atom stereocenters. The molecule has 2 nitrogen and oxygen atoms in total. The van der Waals surface area contributed by atoms with Gasteiger partial charge in [-0.05, 0) is 23.8 Å². The fourth-order valence-corrected chi connectivity index (χ4v) is 2.39. The lowest BCUT2D eigenvalue weighted by Crippen LogP contribution is -2.11. The molecule has 21 heavy (non-hydrogen) atoms. The molecule has 0 spiro atoms. The Kier molecular flexibility index (Phi) is 4.46. The van der Waals surface area contributed by atoms with E-state index in [1.165, 1.54) is 18.2 Å². The number of carbonyl (C=O) groups is 1. The predicted molar refractivity (Wildman–Crippen MR) is 75.1 cm³/mol. The number of carbonyl (C=O) groups excluding carboxylic acids is 1. The third kappa shape index (κ3) is 3.15. The third-order valence-electron chi connectivity index (χ3n) is 2.65. The van der Waals surface area contributed by atoms with E-state index in [4.69, 9.17) is 34.8 Å². The molecule has 0 fully saturated rings. The summed E-state index contributed by atoms with van der Waals surface area (Å²) in [6.45, 7) is 0. The summed E-state index contributed by atoms with van der Waals surface area (Å²) in [6.07, 6.45) is -3.51. The Bertz CT molecular complexity index is 693. The van der Waals surface area contributed by atoms with Crippen molar-refractivity contribution in [3.05, 3.63) is 50.7 Å². The highest BCUT2D eigenvalue weighted by atomic mass is 35.5. The number of rotatable bonds is 2. The van der Waals surface area contributed by atoms with Crippen molar-refractivity contribution in [2.24, 2.45) is 0 Å². The molecule has 1 heterocycles. The van der Waals surface area contributed by atoms with E-state index in [1.54, 1.807) is 0 Å². The number of benzene rings is 1. The van der Waals surface area contributed by atoms with Crippen molar-refractivity contribution in [3.8, 4) is 11.1 Å². The van der Waals surface area contributed by atoms with Crippen molar-refractivity contribution in [2.75, 3.05) is 0 Å². The Morgan fingerprint density at radius 3 is 2.14 bits per heavy atom. The van der Waals surface area contributed by atoms with Crippen LogP contribution in [0.15, 0.2) is 24.4 Å². The van der Waals surface area contributed by atoms with Crippen LogP contribution in [0, 0.1) is 0 Å². The zero-order chi connectivity index (χ0) is 15.8. The Hall–Kier alpha value is -1.30. The summed E-state index contributed by atoms with van der Waals surface area (Å²) in [5, 5.41) is -0.0202. The van der Waals surface area contributed by atoms with E-state index in [-0.39, 0.29) is 31.8 Å². The second-order valence-electron chi connectivity index (χ2n) is 3.99. The first-order valence-corrected chi connectivity index (χ1v) is 6.55. The van der Waals surface area contributed by atoms with E-state index < -0.39 is 11.9 Å². The van der Waals surface area contributed by atoms with Crippen LogP contribution >= 0.6 is 34.8 Å². The molecule has 2 aromatic rings. The largest absolute Gasteiger partial charge is 0.433 e. The first-order chi connectivity index (χ1) is 9.75. The molecular formula is C13H5Cl3F3NO. The van der Waals surface area contributed by atoms with Gasteiger partial charge in [0.1, 0.15) is 0 Å². The Morgan fingerprint density at radius 2 is 1.67 bits per heavy atom. The van der Waals surface area contributed by atoms with Crippen molar-refractivity contribution in [1.29, 1.82) is 0 Å². The van der Waals surface area contributed by atoms with Crippen LogP contribution in [0.5, 0.6) is 0 Å². The Morgan fingerprint density at radius 1 is 1.10 bits per heavy atom. The van der Waals surface area contributed by atoms with Gasteiger partial charge in [0.2, 0.25) is 0 Å². The SMILES string of the molecule is O=Cc1ccnc(C(F)(F)F)c1-c1cc(Cl)c(Cl)c(Cl)c1. The number of hydrogen-bond acceptors (Lipinski definition) is 2. The molecule has 0 aliphatic carbocycles. The smallest absolute Gasteiger partial charge is 0.298 e. The van der Waals surface area contributed by atoms with Crippen LogP contribution in [-0.4, -0.2) is 11.3 Å². The summed E-state index contributed by atoms with van der Waals surface area (Å²) in [4.78, 5) is 14.3. The summed E-state index contributed by atoms with van der Waals surface area (Å²) < 4.78 is 39.2. The standard InChI is InChI=1S/C13H5Cl3F3NO/c14-8-3-7(4-9(15)11(8)16)10-6(5-21)1-2-20-12(10)13(17,18)19/h1-5H. The maximum absolute atomic E-state index is 13.1. The molecule has 0 bridgehead atoms. The zero-order valence-corrected chi connectivity index (χ0v) is 12.3. The highest BCUT2D eigenvalue weighted by Gasteiger charge is 2.36. The van der Waals surface area contributed by atoms with Gasteiger partial charge in [-0.25, -0.2) is 0 Å². The van der Waals surface area contributed by atoms with E-state index in [1.807, 2.05) is 0 Å². The molecule has 110 valence electrons. The summed E-state index contributed by atoms with van der Waals surface area (Å²) >= 11 is 17.4. The molecule has 0 saturated carbocycles. The maximum atomic E-state index is 13.1. The third-order valence-corrected chi connectivity index (χ3v) is 3.85. The average Bonchev–Trinajstić information content (AvgIpc) is 2.42. The fraction of sp³-hybridized carbons (Fsp3) is 0.0769. The van der Waals surface area contributed by atoms with Crippen LogP contribution < -0.4 is 0 Å². The summed E-state index contributed by atoms with van der Waals surface area (Å²) in [5.41, 5.74) is -1.74. The molecule has 1 aromatic heterocycles. The van der Waals surface area contributed by atoms with Crippen molar-refractivity contribution >= 4 is 41.1 Å². The van der Waals surface area contributed by atoms with Crippen LogP contribution in [0.4, 0.5) is 13.2 Å². The van der Waals surface area contributed by atoms with Gasteiger partial charge >= 0.3 is 6.18 Å². The fourth-order valence-electron chi connectivity index (χ4n) is 1.79. The second-order valence-corrected chi connectivity index (χ2v) is 5.19. The van der Waals surface area contributed by atoms with Gasteiger partial charge in [-0.3, -0.25) is 9.78 Å². The minimum Gasteiger partial charge on any atom is -0.298 e. The van der Waals surface area contributed by atoms with Gasteiger partial charge in [-0.15, -0.1) is 0 Å². The van der Waals surface area contributed by atoms with E-state index in [9.17, 15) is 18.0 Å². The quantitative estimate of drug-likeness (QED) is 0.523. The predicted octanol–water partition coefficient (Wildman–Crippen LogP) is 5.54. The number of alkyl halides is 3. The van der Waals surface area contributed by atoms with Crippen LogP contribution in [0.1, 0.15) is 16.1 Å². The molecule has 2 rings (SSSR count). The molecule has 0 aliphatic rings. The molecular weight excluding hydrogens is 350 g/mol. The van der Waals surface area contributed by atoms with Crippen LogP contribution in [-0.2, 0) is 6.18 Å². The van der Waals surface area contributed by atoms with Crippen LogP contribution in [0.3, 0.4) is 0 Å². The summed E-state index contributed by atoms with van der Waals surface area (Å²) in [7, 11) is 0. The zero-order valence-electron chi connectivity index (χ0n) is 10.0. The number of hydrogen-bond donors (Lipinski definition) is 0. The van der Waals surface area contributed by atoms with E-state index in [0.717, 1.165) is 6.20 Å². The molecule has 0 saturated heterocycles. The highest BCUT2D eigenvalue weighted by Crippen LogP contribution is 2.41. The van der Waals surface area contributed by atoms with Gasteiger partial charge in [0.05, 0.1) is 15.1 Å². The number of aromatic nitrogens is 1. The van der Waals surface area contributed by atoms with E-state index >= 15 is 0 Å². The molecule has 8 heteroatoms. The van der Waals surface area contributed by atoms with Crippen molar-refractivity contribution in [2.45, 2.75) is 6.18 Å². The summed E-state index contributed by atoms with van der Waals surface area (Å²) in [6, 6.07) is 3.58. The lowest BCUT2D eigenvalue weighted by Gasteiger charge is -2.14. The Balaban J connectivity index is 2.82. The van der Waals surface area contributed by atoms with Crippen molar-refractivity contribution in [1.82, 2.24) is 4.98 Å². The molecule has 1 aromatic carbocycles.